The van der Waals surface area contributed by atoms with Gasteiger partial charge in [-0.2, -0.15) is 0 Å². The van der Waals surface area contributed by atoms with E-state index in [2.05, 4.69) is 72.7 Å². The second kappa shape index (κ2) is 9.72. The Balaban J connectivity index is 1.77. The van der Waals surface area contributed by atoms with Crippen LogP contribution in [0.25, 0.3) is 0 Å². The van der Waals surface area contributed by atoms with E-state index in [1.54, 1.807) is 0 Å². The summed E-state index contributed by atoms with van der Waals surface area (Å²) < 4.78 is 0. The second-order valence-electron chi connectivity index (χ2n) is 5.99. The first-order valence-electron chi connectivity index (χ1n) is 9.13. The van der Waals surface area contributed by atoms with Crippen molar-refractivity contribution in [1.82, 2.24) is 0 Å². The van der Waals surface area contributed by atoms with Gasteiger partial charge in [0, 0.05) is 43.1 Å². The first kappa shape index (κ1) is 18.8. The first-order valence-corrected chi connectivity index (χ1v) is 9.13. The van der Waals surface area contributed by atoms with Crippen LogP contribution in [0.15, 0.2) is 48.5 Å². The number of aryl methyl sites for hydroxylation is 1. The summed E-state index contributed by atoms with van der Waals surface area (Å²) in [5, 5.41) is 6.24. The molecule has 0 aromatic heterocycles. The Morgan fingerprint density at radius 1 is 0.880 bits per heavy atom. The van der Waals surface area contributed by atoms with Crippen LogP contribution in [-0.2, 0) is 11.2 Å². The number of hydrogen-bond acceptors (Lipinski definition) is 3. The summed E-state index contributed by atoms with van der Waals surface area (Å²) in [6.07, 6.45) is 1.48. The van der Waals surface area contributed by atoms with Crippen LogP contribution in [0, 0.1) is 0 Å². The molecule has 0 heterocycles. The molecule has 0 atom stereocenters. The largest absolute Gasteiger partial charge is 0.385 e. The quantitative estimate of drug-likeness (QED) is 0.705. The standard InChI is InChI=1S/C21H29N3O/c1-4-17-7-9-18(10-8-17)22-16-15-21(25)23-19-11-13-20(14-12-19)24(5-2)6-3/h7-14,22H,4-6,15-16H2,1-3H3,(H,23,25). The zero-order valence-corrected chi connectivity index (χ0v) is 15.5. The molecule has 2 N–H and O–H groups in total. The van der Waals surface area contributed by atoms with Crippen LogP contribution in [0.1, 0.15) is 32.8 Å². The summed E-state index contributed by atoms with van der Waals surface area (Å²) in [7, 11) is 0. The van der Waals surface area contributed by atoms with Crippen molar-refractivity contribution in [1.29, 1.82) is 0 Å². The molecule has 134 valence electrons. The number of carbonyl (C=O) groups excluding carboxylic acids is 1. The molecule has 0 fully saturated rings. The van der Waals surface area contributed by atoms with Gasteiger partial charge in [0.05, 0.1) is 0 Å². The first-order chi connectivity index (χ1) is 12.2. The Bertz CT molecular complexity index is 646. The molecule has 0 aliphatic rings. The van der Waals surface area contributed by atoms with Crippen LogP contribution in [0.2, 0.25) is 0 Å². The number of hydrogen-bond donors (Lipinski definition) is 2. The molecule has 4 heteroatoms. The monoisotopic (exact) mass is 339 g/mol. The molecule has 0 saturated carbocycles. The Labute approximate surface area is 151 Å². The summed E-state index contributed by atoms with van der Waals surface area (Å²) in [4.78, 5) is 14.3. The summed E-state index contributed by atoms with van der Waals surface area (Å²) in [6, 6.07) is 16.4. The van der Waals surface area contributed by atoms with E-state index in [9.17, 15) is 4.79 Å². The Hall–Kier alpha value is -2.49. The third-order valence-corrected chi connectivity index (χ3v) is 4.32. The molecule has 0 radical (unpaired) electrons. The Morgan fingerprint density at radius 2 is 1.48 bits per heavy atom. The van der Waals surface area contributed by atoms with Crippen molar-refractivity contribution in [3.8, 4) is 0 Å². The maximum Gasteiger partial charge on any atom is 0.226 e. The highest BCUT2D eigenvalue weighted by Crippen LogP contribution is 2.18. The predicted molar refractivity (Wildman–Crippen MR) is 108 cm³/mol. The van der Waals surface area contributed by atoms with Gasteiger partial charge >= 0.3 is 0 Å². The minimum Gasteiger partial charge on any atom is -0.385 e. The van der Waals surface area contributed by atoms with Gasteiger partial charge in [-0.1, -0.05) is 19.1 Å². The average molecular weight is 339 g/mol. The lowest BCUT2D eigenvalue weighted by Gasteiger charge is -2.21. The van der Waals surface area contributed by atoms with Crippen LogP contribution in [0.4, 0.5) is 17.1 Å². The van der Waals surface area contributed by atoms with Gasteiger partial charge in [-0.15, -0.1) is 0 Å². The third kappa shape index (κ3) is 5.82. The van der Waals surface area contributed by atoms with E-state index < -0.39 is 0 Å². The van der Waals surface area contributed by atoms with Gasteiger partial charge in [0.1, 0.15) is 0 Å². The van der Waals surface area contributed by atoms with Crippen LogP contribution >= 0.6 is 0 Å². The number of nitrogens with zero attached hydrogens (tertiary/aromatic N) is 1. The van der Waals surface area contributed by atoms with Crippen molar-refractivity contribution in [2.75, 3.05) is 35.2 Å². The highest BCUT2D eigenvalue weighted by molar-refractivity contribution is 5.91. The van der Waals surface area contributed by atoms with Crippen molar-refractivity contribution in [2.24, 2.45) is 0 Å². The van der Waals surface area contributed by atoms with Crippen molar-refractivity contribution < 1.29 is 4.79 Å². The van der Waals surface area contributed by atoms with Gasteiger partial charge in [-0.05, 0) is 62.2 Å². The minimum absolute atomic E-state index is 0.0215. The van der Waals surface area contributed by atoms with Crippen molar-refractivity contribution in [2.45, 2.75) is 33.6 Å². The highest BCUT2D eigenvalue weighted by atomic mass is 16.1. The number of benzene rings is 2. The molecule has 0 aliphatic carbocycles. The van der Waals surface area contributed by atoms with Gasteiger partial charge in [0.2, 0.25) is 5.91 Å². The Morgan fingerprint density at radius 3 is 2.04 bits per heavy atom. The van der Waals surface area contributed by atoms with Gasteiger partial charge < -0.3 is 15.5 Å². The molecule has 25 heavy (non-hydrogen) atoms. The molecule has 0 bridgehead atoms. The lowest BCUT2D eigenvalue weighted by Crippen LogP contribution is -2.21. The highest BCUT2D eigenvalue weighted by Gasteiger charge is 2.04. The molecule has 2 aromatic rings. The molecule has 1 amide bonds. The number of nitrogens with one attached hydrogen (secondary N) is 2. The van der Waals surface area contributed by atoms with Gasteiger partial charge in [0.15, 0.2) is 0 Å². The average Bonchev–Trinajstić information content (AvgIpc) is 2.64. The fourth-order valence-electron chi connectivity index (χ4n) is 2.75. The van der Waals surface area contributed by atoms with Crippen LogP contribution in [0.3, 0.4) is 0 Å². The fourth-order valence-corrected chi connectivity index (χ4v) is 2.75. The smallest absolute Gasteiger partial charge is 0.226 e. The van der Waals surface area contributed by atoms with Crippen molar-refractivity contribution in [3.63, 3.8) is 0 Å². The maximum atomic E-state index is 12.1. The molecule has 4 nitrogen and oxygen atoms in total. The lowest BCUT2D eigenvalue weighted by atomic mass is 10.1. The van der Waals surface area contributed by atoms with E-state index in [1.807, 2.05) is 12.1 Å². The van der Waals surface area contributed by atoms with Gasteiger partial charge in [-0.25, -0.2) is 0 Å². The molecule has 0 unspecified atom stereocenters. The van der Waals surface area contributed by atoms with Crippen LogP contribution in [-0.4, -0.2) is 25.5 Å². The van der Waals surface area contributed by atoms with Crippen LogP contribution < -0.4 is 15.5 Å². The van der Waals surface area contributed by atoms with E-state index in [-0.39, 0.29) is 5.91 Å². The van der Waals surface area contributed by atoms with Crippen molar-refractivity contribution >= 4 is 23.0 Å². The predicted octanol–water partition coefficient (Wildman–Crippen LogP) is 4.54. The van der Waals surface area contributed by atoms with E-state index in [0.29, 0.717) is 13.0 Å². The molecule has 0 aliphatic heterocycles. The minimum atomic E-state index is 0.0215. The molecule has 0 spiro atoms. The molecular formula is C21H29N3O. The number of amides is 1. The summed E-state index contributed by atoms with van der Waals surface area (Å²) in [6.45, 7) is 9.00. The topological polar surface area (TPSA) is 44.4 Å². The van der Waals surface area contributed by atoms with Crippen LogP contribution in [0.5, 0.6) is 0 Å². The third-order valence-electron chi connectivity index (χ3n) is 4.32. The molecule has 0 saturated heterocycles. The fraction of sp³-hybridized carbons (Fsp3) is 0.381. The number of rotatable bonds is 9. The van der Waals surface area contributed by atoms with E-state index >= 15 is 0 Å². The zero-order valence-electron chi connectivity index (χ0n) is 15.5. The summed E-state index contributed by atoms with van der Waals surface area (Å²) >= 11 is 0. The van der Waals surface area contributed by atoms with E-state index in [0.717, 1.165) is 30.9 Å². The molecular weight excluding hydrogens is 310 g/mol. The maximum absolute atomic E-state index is 12.1. The van der Waals surface area contributed by atoms with E-state index in [1.165, 1.54) is 11.3 Å². The number of anilines is 3. The van der Waals surface area contributed by atoms with Gasteiger partial charge in [-0.3, -0.25) is 4.79 Å². The SMILES string of the molecule is CCc1ccc(NCCC(=O)Nc2ccc(N(CC)CC)cc2)cc1. The summed E-state index contributed by atoms with van der Waals surface area (Å²) in [5.74, 6) is 0.0215. The normalized spacial score (nSPS) is 10.4. The second-order valence-corrected chi connectivity index (χ2v) is 5.99. The lowest BCUT2D eigenvalue weighted by molar-refractivity contribution is -0.115. The number of carbonyl (C=O) groups is 1. The van der Waals surface area contributed by atoms with Gasteiger partial charge in [0.25, 0.3) is 0 Å². The van der Waals surface area contributed by atoms with E-state index in [4.69, 9.17) is 0 Å². The summed E-state index contributed by atoms with van der Waals surface area (Å²) in [5.41, 5.74) is 4.39. The van der Waals surface area contributed by atoms with Crippen molar-refractivity contribution in [3.05, 3.63) is 54.1 Å². The molecule has 2 rings (SSSR count). The Kier molecular flexibility index (Phi) is 7.33. The zero-order chi connectivity index (χ0) is 18.1. The molecule has 2 aromatic carbocycles.